The third kappa shape index (κ3) is 7.50. The summed E-state index contributed by atoms with van der Waals surface area (Å²) in [4.78, 5) is 4.60. The number of aliphatic imine (C=N–C) groups is 1. The number of halogens is 1. The first-order chi connectivity index (χ1) is 11.6. The number of nitrogens with zero attached hydrogens (tertiary/aromatic N) is 2. The van der Waals surface area contributed by atoms with Gasteiger partial charge in [0.15, 0.2) is 11.7 Å². The topological polar surface area (TPSA) is 75.6 Å². The molecule has 0 fully saturated rings. The van der Waals surface area contributed by atoms with Crippen LogP contribution in [0.2, 0.25) is 0 Å². The van der Waals surface area contributed by atoms with Gasteiger partial charge in [-0.05, 0) is 31.4 Å². The minimum absolute atomic E-state index is 0. The summed E-state index contributed by atoms with van der Waals surface area (Å²) in [7, 11) is 0. The van der Waals surface area contributed by atoms with Crippen LogP contribution in [-0.4, -0.2) is 23.7 Å². The van der Waals surface area contributed by atoms with Gasteiger partial charge in [0, 0.05) is 25.1 Å². The molecule has 1 atom stereocenters. The molecule has 0 aromatic carbocycles. The number of rotatable bonds is 8. The van der Waals surface area contributed by atoms with Crippen LogP contribution < -0.4 is 10.6 Å². The fourth-order valence-electron chi connectivity index (χ4n) is 2.08. The van der Waals surface area contributed by atoms with Gasteiger partial charge in [-0.1, -0.05) is 25.9 Å². The van der Waals surface area contributed by atoms with Gasteiger partial charge in [-0.3, -0.25) is 0 Å². The third-order valence-corrected chi connectivity index (χ3v) is 3.80. The Labute approximate surface area is 166 Å². The maximum atomic E-state index is 5.35. The molecule has 0 aliphatic heterocycles. The molecule has 0 amide bonds. The maximum Gasteiger partial charge on any atom is 0.191 e. The van der Waals surface area contributed by atoms with E-state index in [-0.39, 0.29) is 24.0 Å². The highest BCUT2D eigenvalue weighted by molar-refractivity contribution is 14.0. The molecule has 6 nitrogen and oxygen atoms in total. The lowest BCUT2D eigenvalue weighted by molar-refractivity contribution is 0.376. The zero-order valence-corrected chi connectivity index (χ0v) is 17.7. The molecule has 1 unspecified atom stereocenters. The predicted molar refractivity (Wildman–Crippen MR) is 110 cm³/mol. The van der Waals surface area contributed by atoms with Crippen LogP contribution in [-0.2, 0) is 13.0 Å². The Kier molecular flexibility index (Phi) is 9.62. The molecule has 0 aliphatic rings. The summed E-state index contributed by atoms with van der Waals surface area (Å²) in [6.45, 7) is 9.68. The summed E-state index contributed by atoms with van der Waals surface area (Å²) in [5, 5.41) is 10.8. The van der Waals surface area contributed by atoms with E-state index >= 15 is 0 Å². The average Bonchev–Trinajstić information content (AvgIpc) is 3.23. The van der Waals surface area contributed by atoms with E-state index in [4.69, 9.17) is 8.94 Å². The lowest BCUT2D eigenvalue weighted by Gasteiger charge is -2.16. The van der Waals surface area contributed by atoms with E-state index in [1.54, 1.807) is 6.26 Å². The Morgan fingerprint density at radius 2 is 2.08 bits per heavy atom. The van der Waals surface area contributed by atoms with E-state index in [0.717, 1.165) is 42.6 Å². The summed E-state index contributed by atoms with van der Waals surface area (Å²) in [5.74, 6) is 2.87. The van der Waals surface area contributed by atoms with E-state index in [9.17, 15) is 0 Å². The van der Waals surface area contributed by atoms with E-state index in [1.807, 2.05) is 18.2 Å². The molecule has 0 saturated carbocycles. The lowest BCUT2D eigenvalue weighted by atomic mass is 10.1. The molecule has 0 saturated heterocycles. The lowest BCUT2D eigenvalue weighted by Crippen LogP contribution is -2.42. The largest absolute Gasteiger partial charge is 0.469 e. The van der Waals surface area contributed by atoms with Crippen molar-refractivity contribution in [3.63, 3.8) is 0 Å². The highest BCUT2D eigenvalue weighted by Gasteiger charge is 2.08. The molecule has 140 valence electrons. The van der Waals surface area contributed by atoms with Gasteiger partial charge in [0.2, 0.25) is 0 Å². The molecule has 2 rings (SSSR count). The highest BCUT2D eigenvalue weighted by atomic mass is 127. The number of nitrogens with one attached hydrogen (secondary N) is 2. The Bertz CT molecular complexity index is 623. The van der Waals surface area contributed by atoms with Gasteiger partial charge >= 0.3 is 0 Å². The normalized spacial score (nSPS) is 12.8. The molecule has 2 heterocycles. The standard InChI is InChI=1S/C18H28N4O2.HI/c1-5-14(4)21-18(19-9-8-15-7-6-10-23-15)20-12-16-11-17(13(2)3)22-24-16;/h6-7,10-11,13-14H,5,8-9,12H2,1-4H3,(H2,19,20,21);1H. The minimum Gasteiger partial charge on any atom is -0.469 e. The third-order valence-electron chi connectivity index (χ3n) is 3.80. The Morgan fingerprint density at radius 1 is 1.28 bits per heavy atom. The van der Waals surface area contributed by atoms with Gasteiger partial charge in [0.05, 0.1) is 12.0 Å². The van der Waals surface area contributed by atoms with Crippen LogP contribution in [0.4, 0.5) is 0 Å². The molecule has 0 bridgehead atoms. The smallest absolute Gasteiger partial charge is 0.191 e. The van der Waals surface area contributed by atoms with Crippen molar-refractivity contribution >= 4 is 29.9 Å². The number of furan rings is 1. The number of aromatic nitrogens is 1. The monoisotopic (exact) mass is 460 g/mol. The zero-order chi connectivity index (χ0) is 17.4. The van der Waals surface area contributed by atoms with Gasteiger partial charge in [-0.15, -0.1) is 24.0 Å². The first-order valence-electron chi connectivity index (χ1n) is 8.61. The molecule has 2 aromatic rings. The Balaban J connectivity index is 0.00000312. The van der Waals surface area contributed by atoms with E-state index < -0.39 is 0 Å². The SMILES string of the molecule is CCC(C)NC(=NCc1cc(C(C)C)no1)NCCc1ccco1.I. The van der Waals surface area contributed by atoms with Crippen LogP contribution >= 0.6 is 24.0 Å². The molecule has 25 heavy (non-hydrogen) atoms. The summed E-state index contributed by atoms with van der Waals surface area (Å²) in [6, 6.07) is 6.19. The summed E-state index contributed by atoms with van der Waals surface area (Å²) >= 11 is 0. The van der Waals surface area contributed by atoms with Crippen LogP contribution in [0.5, 0.6) is 0 Å². The highest BCUT2D eigenvalue weighted by Crippen LogP contribution is 2.14. The van der Waals surface area contributed by atoms with Crippen LogP contribution in [0.15, 0.2) is 38.4 Å². The van der Waals surface area contributed by atoms with Gasteiger partial charge < -0.3 is 19.6 Å². The van der Waals surface area contributed by atoms with E-state index in [0.29, 0.717) is 18.5 Å². The molecule has 0 spiro atoms. The van der Waals surface area contributed by atoms with Gasteiger partial charge in [-0.2, -0.15) is 0 Å². The molecule has 7 heteroatoms. The first-order valence-corrected chi connectivity index (χ1v) is 8.61. The zero-order valence-electron chi connectivity index (χ0n) is 15.4. The number of hydrogen-bond donors (Lipinski definition) is 2. The Hall–Kier alpha value is -1.51. The van der Waals surface area contributed by atoms with Crippen LogP contribution in [0.3, 0.4) is 0 Å². The van der Waals surface area contributed by atoms with Crippen LogP contribution in [0.1, 0.15) is 57.2 Å². The molecule has 2 N–H and O–H groups in total. The number of guanidine groups is 1. The van der Waals surface area contributed by atoms with Gasteiger partial charge in [0.25, 0.3) is 0 Å². The van der Waals surface area contributed by atoms with Crippen molar-refractivity contribution in [1.82, 2.24) is 15.8 Å². The van der Waals surface area contributed by atoms with Crippen molar-refractivity contribution in [2.75, 3.05) is 6.54 Å². The molecule has 2 aromatic heterocycles. The summed E-state index contributed by atoms with van der Waals surface area (Å²) in [6.07, 6.45) is 3.53. The average molecular weight is 460 g/mol. The quantitative estimate of drug-likeness (QED) is 0.353. The second-order valence-electron chi connectivity index (χ2n) is 6.25. The van der Waals surface area contributed by atoms with Crippen molar-refractivity contribution in [3.8, 4) is 0 Å². The van der Waals surface area contributed by atoms with Crippen molar-refractivity contribution in [2.45, 2.75) is 59.0 Å². The fraction of sp³-hybridized carbons (Fsp3) is 0.556. The molecular formula is C18H29IN4O2. The fourth-order valence-corrected chi connectivity index (χ4v) is 2.08. The second-order valence-corrected chi connectivity index (χ2v) is 6.25. The number of hydrogen-bond acceptors (Lipinski definition) is 4. The van der Waals surface area contributed by atoms with E-state index in [2.05, 4.69) is 48.5 Å². The van der Waals surface area contributed by atoms with Crippen LogP contribution in [0, 0.1) is 0 Å². The van der Waals surface area contributed by atoms with Crippen LogP contribution in [0.25, 0.3) is 0 Å². The molecular weight excluding hydrogens is 431 g/mol. The van der Waals surface area contributed by atoms with Gasteiger partial charge in [0.1, 0.15) is 12.3 Å². The maximum absolute atomic E-state index is 5.35. The van der Waals surface area contributed by atoms with Crippen molar-refractivity contribution in [1.29, 1.82) is 0 Å². The van der Waals surface area contributed by atoms with Crippen molar-refractivity contribution in [3.05, 3.63) is 41.7 Å². The molecule has 0 aliphatic carbocycles. The Morgan fingerprint density at radius 3 is 2.68 bits per heavy atom. The second kappa shape index (κ2) is 11.2. The summed E-state index contributed by atoms with van der Waals surface area (Å²) < 4.78 is 10.7. The first kappa shape index (κ1) is 21.5. The van der Waals surface area contributed by atoms with Crippen molar-refractivity contribution in [2.24, 2.45) is 4.99 Å². The minimum atomic E-state index is 0. The van der Waals surface area contributed by atoms with Gasteiger partial charge in [-0.25, -0.2) is 4.99 Å². The molecule has 0 radical (unpaired) electrons. The summed E-state index contributed by atoms with van der Waals surface area (Å²) in [5.41, 5.74) is 0.961. The predicted octanol–water partition coefficient (Wildman–Crippen LogP) is 4.09. The van der Waals surface area contributed by atoms with E-state index in [1.165, 1.54) is 0 Å². The van der Waals surface area contributed by atoms with Crippen molar-refractivity contribution < 1.29 is 8.94 Å².